The summed E-state index contributed by atoms with van der Waals surface area (Å²) in [5.41, 5.74) is 13.6. The van der Waals surface area contributed by atoms with Crippen LogP contribution in [0, 0.1) is 6.92 Å². The van der Waals surface area contributed by atoms with Crippen LogP contribution in [0.2, 0.25) is 0 Å². The van der Waals surface area contributed by atoms with Gasteiger partial charge < -0.3 is 16.0 Å². The van der Waals surface area contributed by atoms with Crippen molar-refractivity contribution in [3.63, 3.8) is 0 Å². The maximum atomic E-state index is 13.1. The molecule has 0 bridgehead atoms. The molecule has 4 rings (SSSR count). The fourth-order valence-corrected chi connectivity index (χ4v) is 3.11. The van der Waals surface area contributed by atoms with Crippen molar-refractivity contribution in [3.8, 4) is 11.3 Å². The third-order valence-electron chi connectivity index (χ3n) is 4.43. The number of hydrogen-bond donors (Lipinski definition) is 2. The van der Waals surface area contributed by atoms with Crippen LogP contribution < -0.4 is 11.5 Å². The fraction of sp³-hybridized carbons (Fsp3) is 0.158. The normalized spacial score (nSPS) is 11.9. The van der Waals surface area contributed by atoms with E-state index in [1.54, 1.807) is 16.8 Å². The molecule has 3 heterocycles. The number of fused-ring (bicyclic) bond motifs is 1. The number of halogens is 3. The third-order valence-corrected chi connectivity index (χ3v) is 4.43. The quantitative estimate of drug-likeness (QED) is 0.511. The van der Waals surface area contributed by atoms with Gasteiger partial charge in [-0.25, -0.2) is 9.97 Å². The Labute approximate surface area is 163 Å². The molecule has 0 spiro atoms. The Kier molecular flexibility index (Phi) is 4.33. The Morgan fingerprint density at radius 1 is 1.03 bits per heavy atom. The second-order valence-electron chi connectivity index (χ2n) is 6.58. The van der Waals surface area contributed by atoms with Gasteiger partial charge in [-0.05, 0) is 36.8 Å². The molecule has 10 heteroatoms. The number of nitrogens with zero attached hydrogens (tertiary/aromatic N) is 5. The van der Waals surface area contributed by atoms with Crippen molar-refractivity contribution in [2.45, 2.75) is 19.6 Å². The van der Waals surface area contributed by atoms with E-state index in [1.807, 2.05) is 13.0 Å². The molecule has 148 valence electrons. The zero-order valence-electron chi connectivity index (χ0n) is 15.3. The van der Waals surface area contributed by atoms with Crippen molar-refractivity contribution >= 4 is 22.8 Å². The lowest BCUT2D eigenvalue weighted by Gasteiger charge is -2.12. The summed E-state index contributed by atoms with van der Waals surface area (Å²) in [6.07, 6.45) is -1.38. The summed E-state index contributed by atoms with van der Waals surface area (Å²) in [6, 6.07) is 7.43. The molecule has 0 unspecified atom stereocenters. The number of imidazole rings is 1. The first-order valence-electron chi connectivity index (χ1n) is 8.59. The number of pyridine rings is 1. The number of aromatic nitrogens is 5. The number of aryl methyl sites for hydroxylation is 1. The molecule has 0 aliphatic carbocycles. The van der Waals surface area contributed by atoms with Gasteiger partial charge in [0.2, 0.25) is 5.95 Å². The van der Waals surface area contributed by atoms with E-state index < -0.39 is 11.7 Å². The Hall–Kier alpha value is -3.69. The maximum absolute atomic E-state index is 13.1. The first-order chi connectivity index (χ1) is 13.7. The van der Waals surface area contributed by atoms with Gasteiger partial charge in [-0.15, -0.1) is 0 Å². The summed E-state index contributed by atoms with van der Waals surface area (Å²) in [6.45, 7) is 1.97. The molecule has 4 aromatic rings. The van der Waals surface area contributed by atoms with Crippen molar-refractivity contribution in [1.29, 1.82) is 0 Å². The van der Waals surface area contributed by atoms with Crippen LogP contribution in [0.15, 0.2) is 42.9 Å². The van der Waals surface area contributed by atoms with Gasteiger partial charge in [-0.2, -0.15) is 18.2 Å². The minimum atomic E-state index is -4.53. The summed E-state index contributed by atoms with van der Waals surface area (Å²) < 4.78 is 41.1. The summed E-state index contributed by atoms with van der Waals surface area (Å²) in [7, 11) is 0. The Bertz CT molecular complexity index is 1210. The van der Waals surface area contributed by atoms with Gasteiger partial charge >= 0.3 is 6.18 Å². The molecule has 0 saturated heterocycles. The average molecular weight is 399 g/mol. The second kappa shape index (κ2) is 6.73. The molecule has 0 fully saturated rings. The predicted molar refractivity (Wildman–Crippen MR) is 103 cm³/mol. The molecular weight excluding hydrogens is 383 g/mol. The van der Waals surface area contributed by atoms with Gasteiger partial charge in [-0.3, -0.25) is 4.98 Å². The number of rotatable bonds is 3. The smallest absolute Gasteiger partial charge is 0.398 e. The van der Waals surface area contributed by atoms with E-state index in [9.17, 15) is 13.2 Å². The standard InChI is InChI=1S/C19H16F3N7/c1-10-6-12(4-5-25-10)15-16-17(28-18(24)27-15)29(9-26-16)8-11-2-3-14(23)13(7-11)19(20,21)22/h2-7,9H,8,23H2,1H3,(H2,24,27,28). The van der Waals surface area contributed by atoms with Gasteiger partial charge in [0.1, 0.15) is 11.2 Å². The van der Waals surface area contributed by atoms with Crippen LogP contribution in [0.1, 0.15) is 16.8 Å². The zero-order valence-corrected chi connectivity index (χ0v) is 15.3. The van der Waals surface area contributed by atoms with E-state index in [2.05, 4.69) is 19.9 Å². The van der Waals surface area contributed by atoms with Gasteiger partial charge in [-0.1, -0.05) is 6.07 Å². The van der Waals surface area contributed by atoms with Crippen molar-refractivity contribution in [1.82, 2.24) is 24.5 Å². The summed E-state index contributed by atoms with van der Waals surface area (Å²) in [4.78, 5) is 17.0. The van der Waals surface area contributed by atoms with Gasteiger partial charge in [0, 0.05) is 23.1 Å². The third kappa shape index (κ3) is 3.56. The summed E-state index contributed by atoms with van der Waals surface area (Å²) in [5.74, 6) is 0.0389. The number of alkyl halides is 3. The Morgan fingerprint density at radius 3 is 2.55 bits per heavy atom. The van der Waals surface area contributed by atoms with Crippen LogP contribution in [0.25, 0.3) is 22.4 Å². The minimum absolute atomic E-state index is 0.0389. The molecule has 4 N–H and O–H groups in total. The monoisotopic (exact) mass is 399 g/mol. The molecule has 0 aliphatic heterocycles. The van der Waals surface area contributed by atoms with Crippen molar-refractivity contribution in [2.24, 2.45) is 0 Å². The molecule has 7 nitrogen and oxygen atoms in total. The van der Waals surface area contributed by atoms with Crippen LogP contribution in [-0.2, 0) is 12.7 Å². The van der Waals surface area contributed by atoms with Crippen molar-refractivity contribution in [3.05, 3.63) is 59.7 Å². The van der Waals surface area contributed by atoms with E-state index in [-0.39, 0.29) is 18.2 Å². The average Bonchev–Trinajstić information content (AvgIpc) is 3.04. The highest BCUT2D eigenvalue weighted by molar-refractivity contribution is 5.88. The van der Waals surface area contributed by atoms with Crippen LogP contribution in [0.5, 0.6) is 0 Å². The van der Waals surface area contributed by atoms with E-state index in [4.69, 9.17) is 11.5 Å². The topological polar surface area (TPSA) is 109 Å². The predicted octanol–water partition coefficient (Wildman–Crippen LogP) is 3.43. The minimum Gasteiger partial charge on any atom is -0.398 e. The number of anilines is 2. The van der Waals surface area contributed by atoms with Gasteiger partial charge in [0.05, 0.1) is 18.4 Å². The fourth-order valence-electron chi connectivity index (χ4n) is 3.11. The van der Waals surface area contributed by atoms with Crippen LogP contribution >= 0.6 is 0 Å². The highest BCUT2D eigenvalue weighted by Gasteiger charge is 2.33. The summed E-state index contributed by atoms with van der Waals surface area (Å²) >= 11 is 0. The number of hydrogen-bond acceptors (Lipinski definition) is 6. The number of benzene rings is 1. The number of nitrogen functional groups attached to an aromatic ring is 2. The number of nitrogens with two attached hydrogens (primary N) is 2. The molecule has 0 amide bonds. The molecule has 0 atom stereocenters. The summed E-state index contributed by atoms with van der Waals surface area (Å²) in [5, 5.41) is 0. The first-order valence-corrected chi connectivity index (χ1v) is 8.59. The lowest BCUT2D eigenvalue weighted by Crippen LogP contribution is -2.10. The first kappa shape index (κ1) is 18.7. The van der Waals surface area contributed by atoms with Crippen LogP contribution in [0.3, 0.4) is 0 Å². The van der Waals surface area contributed by atoms with E-state index >= 15 is 0 Å². The lowest BCUT2D eigenvalue weighted by atomic mass is 10.1. The van der Waals surface area contributed by atoms with E-state index in [0.717, 1.165) is 17.3 Å². The molecular formula is C19H16F3N7. The van der Waals surface area contributed by atoms with Gasteiger partial charge in [0.15, 0.2) is 5.65 Å². The van der Waals surface area contributed by atoms with Gasteiger partial charge in [0.25, 0.3) is 0 Å². The highest BCUT2D eigenvalue weighted by Crippen LogP contribution is 2.34. The lowest BCUT2D eigenvalue weighted by molar-refractivity contribution is -0.136. The Balaban J connectivity index is 1.79. The highest BCUT2D eigenvalue weighted by atomic mass is 19.4. The molecule has 0 radical (unpaired) electrons. The molecule has 0 aliphatic rings. The maximum Gasteiger partial charge on any atom is 0.418 e. The molecule has 0 saturated carbocycles. The second-order valence-corrected chi connectivity index (χ2v) is 6.58. The van der Waals surface area contributed by atoms with Crippen molar-refractivity contribution in [2.75, 3.05) is 11.5 Å². The van der Waals surface area contributed by atoms with E-state index in [0.29, 0.717) is 22.4 Å². The van der Waals surface area contributed by atoms with E-state index in [1.165, 1.54) is 18.5 Å². The van der Waals surface area contributed by atoms with Crippen molar-refractivity contribution < 1.29 is 13.2 Å². The SMILES string of the molecule is Cc1cc(-c2nc(N)nc3c2ncn3Cc2ccc(N)c(C(F)(F)F)c2)ccn1. The molecule has 29 heavy (non-hydrogen) atoms. The zero-order chi connectivity index (χ0) is 20.8. The molecule has 1 aromatic carbocycles. The Morgan fingerprint density at radius 2 is 1.83 bits per heavy atom. The van der Waals surface area contributed by atoms with Crippen LogP contribution in [0.4, 0.5) is 24.8 Å². The largest absolute Gasteiger partial charge is 0.418 e. The molecule has 3 aromatic heterocycles. The van der Waals surface area contributed by atoms with Crippen LogP contribution in [-0.4, -0.2) is 24.5 Å².